The first-order valence-electron chi connectivity index (χ1n) is 3.06. The Hall–Kier alpha value is -0.460. The normalized spacial score (nSPS) is 20.4. The van der Waals surface area contributed by atoms with Crippen LogP contribution in [0.2, 0.25) is 0 Å². The fraction of sp³-hybridized carbons (Fsp3) is 1.00. The Morgan fingerprint density at radius 2 is 1.90 bits per heavy atom. The van der Waals surface area contributed by atoms with Crippen molar-refractivity contribution in [3.05, 3.63) is 0 Å². The van der Waals surface area contributed by atoms with Crippen LogP contribution in [-0.4, -0.2) is 39.6 Å². The van der Waals surface area contributed by atoms with Gasteiger partial charge in [-0.1, -0.05) is 4.47 Å². The fourth-order valence-electron chi connectivity index (χ4n) is 0.829. The molecule has 1 saturated heterocycles. The first kappa shape index (κ1) is 7.64. The highest BCUT2D eigenvalue weighted by Gasteiger charge is 2.06. The van der Waals surface area contributed by atoms with Crippen molar-refractivity contribution in [2.75, 3.05) is 26.2 Å². The zero-order chi connectivity index (χ0) is 7.40. The molecular formula is C4H9N3O2S. The van der Waals surface area contributed by atoms with Gasteiger partial charge in [-0.05, 0) is 0 Å². The maximum absolute atomic E-state index is 10.0. The molecule has 0 amide bonds. The Kier molecular flexibility index (Phi) is 2.79. The summed E-state index contributed by atoms with van der Waals surface area (Å²) in [6, 6.07) is 0. The Morgan fingerprint density at radius 3 is 2.40 bits per heavy atom. The molecular weight excluding hydrogens is 154 g/mol. The fourth-order valence-corrected chi connectivity index (χ4v) is 1.18. The smallest absolute Gasteiger partial charge is 0.314 e. The van der Waals surface area contributed by atoms with E-state index in [1.165, 1.54) is 0 Å². The highest BCUT2D eigenvalue weighted by atomic mass is 32.2. The van der Waals surface area contributed by atoms with Gasteiger partial charge in [0.25, 0.3) is 0 Å². The van der Waals surface area contributed by atoms with Crippen LogP contribution >= 0.6 is 0 Å². The topological polar surface area (TPSA) is 61.8 Å². The van der Waals surface area contributed by atoms with Gasteiger partial charge in [0.05, 0.1) is 0 Å². The van der Waals surface area contributed by atoms with Crippen molar-refractivity contribution in [3.8, 4) is 0 Å². The maximum atomic E-state index is 10.0. The molecule has 0 aromatic carbocycles. The predicted octanol–water partition coefficient (Wildman–Crippen LogP) is -1.13. The van der Waals surface area contributed by atoms with Gasteiger partial charge in [0.15, 0.2) is 0 Å². The molecule has 1 rings (SSSR count). The van der Waals surface area contributed by atoms with Gasteiger partial charge in [-0.2, -0.15) is 13.4 Å². The number of rotatable bonds is 1. The SMILES string of the molecule is O=S(=O)=NN1CCNCC1. The lowest BCUT2D eigenvalue weighted by Gasteiger charge is -2.19. The number of nitrogens with zero attached hydrogens (tertiary/aromatic N) is 2. The van der Waals surface area contributed by atoms with E-state index in [1.807, 2.05) is 0 Å². The number of piperazine rings is 1. The Bertz CT molecular complexity index is 209. The van der Waals surface area contributed by atoms with E-state index in [0.29, 0.717) is 13.1 Å². The van der Waals surface area contributed by atoms with E-state index in [-0.39, 0.29) is 0 Å². The minimum atomic E-state index is -2.29. The first-order valence-corrected chi connectivity index (χ1v) is 4.09. The van der Waals surface area contributed by atoms with Crippen molar-refractivity contribution in [2.24, 2.45) is 4.47 Å². The van der Waals surface area contributed by atoms with Crippen LogP contribution in [0.5, 0.6) is 0 Å². The second-order valence-corrected chi connectivity index (χ2v) is 2.60. The molecule has 1 aliphatic heterocycles. The first-order chi connectivity index (χ1) is 4.79. The van der Waals surface area contributed by atoms with E-state index >= 15 is 0 Å². The second-order valence-electron chi connectivity index (χ2n) is 2.00. The number of hydrogen-bond acceptors (Lipinski definition) is 4. The summed E-state index contributed by atoms with van der Waals surface area (Å²) in [7, 11) is -2.29. The van der Waals surface area contributed by atoms with Crippen LogP contribution in [0.15, 0.2) is 4.47 Å². The predicted molar refractivity (Wildman–Crippen MR) is 35.8 cm³/mol. The second kappa shape index (κ2) is 3.65. The van der Waals surface area contributed by atoms with Crippen LogP contribution in [0.1, 0.15) is 0 Å². The molecule has 0 aliphatic carbocycles. The molecule has 0 atom stereocenters. The largest absolute Gasteiger partial charge is 0.328 e. The summed E-state index contributed by atoms with van der Waals surface area (Å²) in [6.45, 7) is 2.96. The van der Waals surface area contributed by atoms with Gasteiger partial charge in [-0.25, -0.2) is 0 Å². The van der Waals surface area contributed by atoms with Crippen molar-refractivity contribution in [1.29, 1.82) is 0 Å². The highest BCUT2D eigenvalue weighted by molar-refractivity contribution is 7.61. The molecule has 0 aromatic rings. The molecule has 1 heterocycles. The van der Waals surface area contributed by atoms with Gasteiger partial charge >= 0.3 is 10.5 Å². The van der Waals surface area contributed by atoms with Crippen LogP contribution in [0, 0.1) is 0 Å². The van der Waals surface area contributed by atoms with Crippen LogP contribution in [0.4, 0.5) is 0 Å². The minimum absolute atomic E-state index is 0.675. The van der Waals surface area contributed by atoms with Crippen LogP contribution in [0.25, 0.3) is 0 Å². The molecule has 0 spiro atoms. The zero-order valence-corrected chi connectivity index (χ0v) is 6.26. The summed E-state index contributed by atoms with van der Waals surface area (Å²) in [4.78, 5) is 0. The van der Waals surface area contributed by atoms with Crippen molar-refractivity contribution in [2.45, 2.75) is 0 Å². The standard InChI is InChI=1S/C4H9N3O2S/c8-10(9)6-7-3-1-5-2-4-7/h5H,1-4H2. The third-order valence-electron chi connectivity index (χ3n) is 1.28. The quantitative estimate of drug-likeness (QED) is 0.531. The van der Waals surface area contributed by atoms with Gasteiger partial charge < -0.3 is 5.32 Å². The average molecular weight is 163 g/mol. The molecule has 0 bridgehead atoms. The van der Waals surface area contributed by atoms with E-state index in [4.69, 9.17) is 0 Å². The molecule has 58 valence electrons. The zero-order valence-electron chi connectivity index (χ0n) is 5.45. The van der Waals surface area contributed by atoms with Gasteiger partial charge in [-0.3, -0.25) is 0 Å². The van der Waals surface area contributed by atoms with Crippen molar-refractivity contribution >= 4 is 10.5 Å². The third kappa shape index (κ3) is 2.42. The van der Waals surface area contributed by atoms with Crippen molar-refractivity contribution in [1.82, 2.24) is 10.3 Å². The molecule has 1 fully saturated rings. The summed E-state index contributed by atoms with van der Waals surface area (Å²) < 4.78 is 23.4. The van der Waals surface area contributed by atoms with Crippen LogP contribution < -0.4 is 5.32 Å². The molecule has 5 nitrogen and oxygen atoms in total. The molecule has 0 unspecified atom stereocenters. The highest BCUT2D eigenvalue weighted by Crippen LogP contribution is 1.90. The van der Waals surface area contributed by atoms with E-state index in [1.54, 1.807) is 5.01 Å². The summed E-state index contributed by atoms with van der Waals surface area (Å²) in [5, 5.41) is 4.63. The van der Waals surface area contributed by atoms with Gasteiger partial charge in [-0.15, -0.1) is 0 Å². The maximum Gasteiger partial charge on any atom is 0.328 e. The summed E-state index contributed by atoms with van der Waals surface area (Å²) in [5.41, 5.74) is 0. The molecule has 0 radical (unpaired) electrons. The number of nitrogens with one attached hydrogen (secondary N) is 1. The Balaban J connectivity index is 2.48. The van der Waals surface area contributed by atoms with E-state index in [2.05, 4.69) is 9.79 Å². The van der Waals surface area contributed by atoms with Crippen molar-refractivity contribution in [3.63, 3.8) is 0 Å². The summed E-state index contributed by atoms with van der Waals surface area (Å²) in [5.74, 6) is 0. The lowest BCUT2D eigenvalue weighted by atomic mass is 10.4. The molecule has 6 heteroatoms. The number of hydrogen-bond donors (Lipinski definition) is 1. The third-order valence-corrected chi connectivity index (χ3v) is 1.64. The monoisotopic (exact) mass is 163 g/mol. The summed E-state index contributed by atoms with van der Waals surface area (Å²) in [6.07, 6.45) is 0. The minimum Gasteiger partial charge on any atom is -0.314 e. The Morgan fingerprint density at radius 1 is 1.30 bits per heavy atom. The molecule has 0 aromatic heterocycles. The van der Waals surface area contributed by atoms with E-state index in [0.717, 1.165) is 13.1 Å². The average Bonchev–Trinajstić information content (AvgIpc) is 1.88. The van der Waals surface area contributed by atoms with Crippen molar-refractivity contribution < 1.29 is 8.42 Å². The molecule has 0 saturated carbocycles. The lowest BCUT2D eigenvalue weighted by molar-refractivity contribution is 0.255. The lowest BCUT2D eigenvalue weighted by Crippen LogP contribution is -2.40. The van der Waals surface area contributed by atoms with Gasteiger partial charge in [0, 0.05) is 26.2 Å². The van der Waals surface area contributed by atoms with E-state index < -0.39 is 10.5 Å². The van der Waals surface area contributed by atoms with Gasteiger partial charge in [0.1, 0.15) is 0 Å². The van der Waals surface area contributed by atoms with Crippen LogP contribution in [-0.2, 0) is 10.5 Å². The molecule has 1 N–H and O–H groups in total. The van der Waals surface area contributed by atoms with E-state index in [9.17, 15) is 8.42 Å². The van der Waals surface area contributed by atoms with Crippen LogP contribution in [0.3, 0.4) is 0 Å². The Labute approximate surface area is 60.7 Å². The molecule has 1 aliphatic rings. The van der Waals surface area contributed by atoms with Gasteiger partial charge in [0.2, 0.25) is 0 Å². The summed E-state index contributed by atoms with van der Waals surface area (Å²) >= 11 is 0. The molecule has 10 heavy (non-hydrogen) atoms.